The summed E-state index contributed by atoms with van der Waals surface area (Å²) in [6, 6.07) is 5.69. The summed E-state index contributed by atoms with van der Waals surface area (Å²) in [5.41, 5.74) is 2.97. The zero-order valence-corrected chi connectivity index (χ0v) is 14.4. The predicted molar refractivity (Wildman–Crippen MR) is 86.3 cm³/mol. The van der Waals surface area contributed by atoms with E-state index in [1.54, 1.807) is 6.07 Å². The molecule has 0 saturated heterocycles. The van der Waals surface area contributed by atoms with Crippen LogP contribution in [0.2, 0.25) is 0 Å². The highest BCUT2D eigenvalue weighted by Crippen LogP contribution is 2.33. The van der Waals surface area contributed by atoms with E-state index in [0.29, 0.717) is 5.75 Å². The Bertz CT molecular complexity index is 605. The van der Waals surface area contributed by atoms with E-state index in [2.05, 4.69) is 40.0 Å². The van der Waals surface area contributed by atoms with Gasteiger partial charge in [-0.3, -0.25) is 4.90 Å². The lowest BCUT2D eigenvalue weighted by Gasteiger charge is -2.28. The summed E-state index contributed by atoms with van der Waals surface area (Å²) in [5, 5.41) is 14.1. The van der Waals surface area contributed by atoms with Crippen LogP contribution in [-0.2, 0) is 6.54 Å². The fraction of sp³-hybridized carbons (Fsp3) is 0.438. The molecule has 0 radical (unpaired) electrons. The summed E-state index contributed by atoms with van der Waals surface area (Å²) in [5.74, 6) is 1.18. The van der Waals surface area contributed by atoms with Crippen LogP contribution in [0.1, 0.15) is 42.0 Å². The van der Waals surface area contributed by atoms with Crippen molar-refractivity contribution < 1.29 is 9.63 Å². The number of benzene rings is 1. The van der Waals surface area contributed by atoms with Gasteiger partial charge in [0.25, 0.3) is 0 Å². The Hall–Kier alpha value is -1.33. The molecule has 4 nitrogen and oxygen atoms in total. The standard InChI is InChI=1S/C16H21BrN2O2/c1-5-15(13-8-12(17)6-7-16(13)20)19(4)9-14-10(2)18-21-11(14)3/h6-8,15,20H,5,9H2,1-4H3. The number of nitrogens with zero attached hydrogens (tertiary/aromatic N) is 2. The van der Waals surface area contributed by atoms with E-state index in [4.69, 9.17) is 4.52 Å². The zero-order valence-electron chi connectivity index (χ0n) is 12.9. The van der Waals surface area contributed by atoms with Crippen molar-refractivity contribution in [3.63, 3.8) is 0 Å². The maximum Gasteiger partial charge on any atom is 0.138 e. The average Bonchev–Trinajstić information content (AvgIpc) is 2.75. The molecule has 1 atom stereocenters. The maximum absolute atomic E-state index is 10.1. The summed E-state index contributed by atoms with van der Waals surface area (Å²) >= 11 is 3.47. The summed E-state index contributed by atoms with van der Waals surface area (Å²) in [7, 11) is 2.06. The first-order valence-electron chi connectivity index (χ1n) is 7.04. The summed E-state index contributed by atoms with van der Waals surface area (Å²) in [6.07, 6.45) is 0.907. The van der Waals surface area contributed by atoms with Crippen molar-refractivity contribution in [2.24, 2.45) is 0 Å². The van der Waals surface area contributed by atoms with Crippen LogP contribution >= 0.6 is 15.9 Å². The minimum Gasteiger partial charge on any atom is -0.508 e. The number of phenolic OH excluding ortho intramolecular Hbond substituents is 1. The number of hydrogen-bond acceptors (Lipinski definition) is 4. The molecule has 0 aliphatic heterocycles. The molecule has 0 spiro atoms. The lowest BCUT2D eigenvalue weighted by atomic mass is 10.0. The van der Waals surface area contributed by atoms with Gasteiger partial charge in [-0.1, -0.05) is 28.0 Å². The molecule has 114 valence electrons. The highest BCUT2D eigenvalue weighted by Gasteiger charge is 2.21. The molecule has 1 N–H and O–H groups in total. The van der Waals surface area contributed by atoms with Crippen molar-refractivity contribution in [1.82, 2.24) is 10.1 Å². The topological polar surface area (TPSA) is 49.5 Å². The van der Waals surface area contributed by atoms with Crippen molar-refractivity contribution >= 4 is 15.9 Å². The highest BCUT2D eigenvalue weighted by atomic mass is 79.9. The molecule has 1 aromatic heterocycles. The van der Waals surface area contributed by atoms with Crippen LogP contribution in [0.4, 0.5) is 0 Å². The van der Waals surface area contributed by atoms with Gasteiger partial charge >= 0.3 is 0 Å². The van der Waals surface area contributed by atoms with E-state index in [1.807, 2.05) is 26.0 Å². The van der Waals surface area contributed by atoms with Gasteiger partial charge in [-0.25, -0.2) is 0 Å². The third-order valence-electron chi connectivity index (χ3n) is 3.86. The van der Waals surface area contributed by atoms with Gasteiger partial charge in [0, 0.05) is 28.2 Å². The third-order valence-corrected chi connectivity index (χ3v) is 4.35. The summed E-state index contributed by atoms with van der Waals surface area (Å²) in [6.45, 7) is 6.75. The van der Waals surface area contributed by atoms with Gasteiger partial charge in [0.15, 0.2) is 0 Å². The van der Waals surface area contributed by atoms with Crippen LogP contribution in [0.3, 0.4) is 0 Å². The Morgan fingerprint density at radius 3 is 2.67 bits per heavy atom. The molecule has 0 bridgehead atoms. The number of aromatic hydroxyl groups is 1. The van der Waals surface area contributed by atoms with Crippen LogP contribution in [-0.4, -0.2) is 22.2 Å². The fourth-order valence-corrected chi connectivity index (χ4v) is 3.03. The molecule has 1 aromatic carbocycles. The summed E-state index contributed by atoms with van der Waals surface area (Å²) < 4.78 is 6.20. The van der Waals surface area contributed by atoms with Crippen LogP contribution in [0, 0.1) is 13.8 Å². The minimum absolute atomic E-state index is 0.135. The van der Waals surface area contributed by atoms with Crippen molar-refractivity contribution in [2.75, 3.05) is 7.05 Å². The van der Waals surface area contributed by atoms with E-state index in [-0.39, 0.29) is 6.04 Å². The number of phenols is 1. The first-order valence-corrected chi connectivity index (χ1v) is 7.83. The molecule has 0 aliphatic rings. The van der Waals surface area contributed by atoms with Gasteiger partial charge in [0.1, 0.15) is 11.5 Å². The van der Waals surface area contributed by atoms with Gasteiger partial charge in [-0.15, -0.1) is 0 Å². The van der Waals surface area contributed by atoms with Gasteiger partial charge in [0.2, 0.25) is 0 Å². The Balaban J connectivity index is 2.26. The van der Waals surface area contributed by atoms with Crippen LogP contribution in [0.5, 0.6) is 5.75 Å². The van der Waals surface area contributed by atoms with Crippen molar-refractivity contribution in [2.45, 2.75) is 39.8 Å². The fourth-order valence-electron chi connectivity index (χ4n) is 2.65. The highest BCUT2D eigenvalue weighted by molar-refractivity contribution is 9.10. The van der Waals surface area contributed by atoms with E-state index in [0.717, 1.165) is 40.0 Å². The number of aryl methyl sites for hydroxylation is 2. The zero-order chi connectivity index (χ0) is 15.6. The number of rotatable bonds is 5. The van der Waals surface area contributed by atoms with E-state index in [1.165, 1.54) is 0 Å². The Morgan fingerprint density at radius 1 is 1.38 bits per heavy atom. The SMILES string of the molecule is CCC(c1cc(Br)ccc1O)N(C)Cc1c(C)noc1C. The quantitative estimate of drug-likeness (QED) is 0.869. The van der Waals surface area contributed by atoms with Crippen molar-refractivity contribution in [1.29, 1.82) is 0 Å². The second-order valence-corrected chi connectivity index (χ2v) is 6.26. The molecule has 0 fully saturated rings. The Morgan fingerprint density at radius 2 is 2.10 bits per heavy atom. The van der Waals surface area contributed by atoms with Crippen LogP contribution in [0.15, 0.2) is 27.2 Å². The Kier molecular flexibility index (Phi) is 5.06. The minimum atomic E-state index is 0.135. The second-order valence-electron chi connectivity index (χ2n) is 5.35. The van der Waals surface area contributed by atoms with Gasteiger partial charge in [0.05, 0.1) is 5.69 Å². The van der Waals surface area contributed by atoms with E-state index >= 15 is 0 Å². The normalized spacial score (nSPS) is 12.9. The lowest BCUT2D eigenvalue weighted by Crippen LogP contribution is -2.24. The molecular formula is C16H21BrN2O2. The van der Waals surface area contributed by atoms with Gasteiger partial charge in [-0.05, 0) is 45.5 Å². The molecule has 0 amide bonds. The van der Waals surface area contributed by atoms with Crippen LogP contribution < -0.4 is 0 Å². The predicted octanol–water partition coefficient (Wildman–Crippen LogP) is 4.34. The molecule has 2 rings (SSSR count). The third kappa shape index (κ3) is 3.47. The monoisotopic (exact) mass is 352 g/mol. The molecule has 21 heavy (non-hydrogen) atoms. The first kappa shape index (κ1) is 16.0. The molecule has 2 aromatic rings. The van der Waals surface area contributed by atoms with Gasteiger partial charge in [-0.2, -0.15) is 0 Å². The Labute approximate surface area is 133 Å². The van der Waals surface area contributed by atoms with E-state index < -0.39 is 0 Å². The largest absolute Gasteiger partial charge is 0.508 e. The molecular weight excluding hydrogens is 332 g/mol. The van der Waals surface area contributed by atoms with Crippen molar-refractivity contribution in [3.05, 3.63) is 45.3 Å². The van der Waals surface area contributed by atoms with E-state index in [9.17, 15) is 5.11 Å². The lowest BCUT2D eigenvalue weighted by molar-refractivity contribution is 0.224. The maximum atomic E-state index is 10.1. The average molecular weight is 353 g/mol. The second kappa shape index (κ2) is 6.62. The number of halogens is 1. The van der Waals surface area contributed by atoms with Crippen LogP contribution in [0.25, 0.3) is 0 Å². The molecule has 1 unspecified atom stereocenters. The summed E-state index contributed by atoms with van der Waals surface area (Å²) in [4.78, 5) is 2.22. The van der Waals surface area contributed by atoms with Crippen molar-refractivity contribution in [3.8, 4) is 5.75 Å². The molecule has 0 saturated carbocycles. The molecule has 0 aliphatic carbocycles. The molecule has 1 heterocycles. The number of aromatic nitrogens is 1. The number of hydrogen-bond donors (Lipinski definition) is 1. The smallest absolute Gasteiger partial charge is 0.138 e. The first-order chi connectivity index (χ1) is 9.93. The molecule has 5 heteroatoms. The van der Waals surface area contributed by atoms with Gasteiger partial charge < -0.3 is 9.63 Å².